The van der Waals surface area contributed by atoms with Gasteiger partial charge in [-0.15, -0.1) is 0 Å². The summed E-state index contributed by atoms with van der Waals surface area (Å²) in [5.74, 6) is 0.192. The van der Waals surface area contributed by atoms with Gasteiger partial charge in [0.25, 0.3) is 5.91 Å². The normalized spacial score (nSPS) is 22.9. The molecule has 1 fully saturated rings. The quantitative estimate of drug-likeness (QED) is 0.593. The van der Waals surface area contributed by atoms with E-state index >= 15 is 0 Å². The average Bonchev–Trinajstić information content (AvgIpc) is 2.70. The summed E-state index contributed by atoms with van der Waals surface area (Å²) in [4.78, 5) is 11.9. The van der Waals surface area contributed by atoms with Crippen LogP contribution in [0.4, 0.5) is 11.4 Å². The molecule has 98 valence electrons. The maximum Gasteiger partial charge on any atom is 0.251 e. The van der Waals surface area contributed by atoms with E-state index in [4.69, 9.17) is 11.5 Å². The molecule has 18 heavy (non-hydrogen) atoms. The lowest BCUT2D eigenvalue weighted by Crippen LogP contribution is -2.28. The molecule has 5 heteroatoms. The standard InChI is InChI=1S/C13H19N3O2/c14-10-4-9(5-11(15)6-10)13(18)16-7-8-1-2-12(17)3-8/h4-6,8,12,17H,1-3,7,14-15H2,(H,16,18). The Hall–Kier alpha value is -1.75. The number of aliphatic hydroxyl groups is 1. The van der Waals surface area contributed by atoms with Gasteiger partial charge in [-0.05, 0) is 43.4 Å². The second kappa shape index (κ2) is 5.27. The minimum atomic E-state index is -0.213. The molecule has 2 atom stereocenters. The number of hydrogen-bond acceptors (Lipinski definition) is 4. The number of carbonyl (C=O) groups excluding carboxylic acids is 1. The summed E-state index contributed by atoms with van der Waals surface area (Å²) in [6, 6.07) is 4.83. The van der Waals surface area contributed by atoms with Crippen LogP contribution in [-0.4, -0.2) is 23.7 Å². The fourth-order valence-electron chi connectivity index (χ4n) is 2.38. The SMILES string of the molecule is Nc1cc(N)cc(C(=O)NCC2CCC(O)C2)c1. The lowest BCUT2D eigenvalue weighted by molar-refractivity contribution is 0.0945. The third-order valence-electron chi connectivity index (χ3n) is 3.30. The first-order valence-electron chi connectivity index (χ1n) is 6.17. The highest BCUT2D eigenvalue weighted by atomic mass is 16.3. The van der Waals surface area contributed by atoms with E-state index in [0.29, 0.717) is 29.4 Å². The molecule has 0 spiro atoms. The highest BCUT2D eigenvalue weighted by Crippen LogP contribution is 2.24. The van der Waals surface area contributed by atoms with Crippen LogP contribution in [0.15, 0.2) is 18.2 Å². The molecule has 1 aromatic carbocycles. The molecule has 0 aromatic heterocycles. The van der Waals surface area contributed by atoms with Crippen molar-refractivity contribution in [2.45, 2.75) is 25.4 Å². The van der Waals surface area contributed by atoms with Crippen LogP contribution in [0.3, 0.4) is 0 Å². The second-order valence-corrected chi connectivity index (χ2v) is 4.93. The van der Waals surface area contributed by atoms with Crippen LogP contribution < -0.4 is 16.8 Å². The van der Waals surface area contributed by atoms with Gasteiger partial charge in [0.1, 0.15) is 0 Å². The Kier molecular flexibility index (Phi) is 3.72. The molecule has 0 bridgehead atoms. The molecular formula is C13H19N3O2. The number of hydrogen-bond donors (Lipinski definition) is 4. The molecule has 1 aliphatic carbocycles. The fourth-order valence-corrected chi connectivity index (χ4v) is 2.38. The first kappa shape index (κ1) is 12.7. The summed E-state index contributed by atoms with van der Waals surface area (Å²) in [6.07, 6.45) is 2.33. The van der Waals surface area contributed by atoms with E-state index in [1.165, 1.54) is 0 Å². The lowest BCUT2D eigenvalue weighted by atomic mass is 10.1. The zero-order chi connectivity index (χ0) is 13.1. The third kappa shape index (κ3) is 3.13. The second-order valence-electron chi connectivity index (χ2n) is 4.93. The first-order chi connectivity index (χ1) is 8.54. The molecule has 1 aliphatic rings. The van der Waals surface area contributed by atoms with Crippen molar-refractivity contribution in [3.63, 3.8) is 0 Å². The Bertz CT molecular complexity index is 428. The number of carbonyl (C=O) groups is 1. The van der Waals surface area contributed by atoms with Gasteiger partial charge in [0.2, 0.25) is 0 Å². The zero-order valence-corrected chi connectivity index (χ0v) is 10.2. The van der Waals surface area contributed by atoms with Gasteiger partial charge in [-0.1, -0.05) is 0 Å². The van der Waals surface area contributed by atoms with Gasteiger partial charge in [0.05, 0.1) is 6.10 Å². The van der Waals surface area contributed by atoms with Crippen LogP contribution in [0.2, 0.25) is 0 Å². The number of amides is 1. The number of nitrogens with two attached hydrogens (primary N) is 2. The van der Waals surface area contributed by atoms with E-state index in [2.05, 4.69) is 5.32 Å². The van der Waals surface area contributed by atoms with Crippen LogP contribution >= 0.6 is 0 Å². The number of nitrogen functional groups attached to an aromatic ring is 2. The molecule has 1 aromatic rings. The van der Waals surface area contributed by atoms with E-state index < -0.39 is 0 Å². The molecule has 2 rings (SSSR count). The van der Waals surface area contributed by atoms with Crippen molar-refractivity contribution in [2.24, 2.45) is 5.92 Å². The highest BCUT2D eigenvalue weighted by Gasteiger charge is 2.23. The summed E-state index contributed by atoms with van der Waals surface area (Å²) in [6.45, 7) is 0.588. The van der Waals surface area contributed by atoms with E-state index in [0.717, 1.165) is 19.3 Å². The summed E-state index contributed by atoms with van der Waals surface area (Å²) < 4.78 is 0. The molecule has 6 N–H and O–H groups in total. The first-order valence-corrected chi connectivity index (χ1v) is 6.17. The molecular weight excluding hydrogens is 230 g/mol. The summed E-state index contributed by atoms with van der Waals surface area (Å²) in [5, 5.41) is 12.3. The average molecular weight is 249 g/mol. The lowest BCUT2D eigenvalue weighted by Gasteiger charge is -2.11. The van der Waals surface area contributed by atoms with E-state index in [9.17, 15) is 9.90 Å². The van der Waals surface area contributed by atoms with Gasteiger partial charge in [-0.3, -0.25) is 4.79 Å². The Morgan fingerprint density at radius 3 is 2.50 bits per heavy atom. The van der Waals surface area contributed by atoms with Gasteiger partial charge < -0.3 is 21.9 Å². The number of nitrogens with one attached hydrogen (secondary N) is 1. The monoisotopic (exact) mass is 249 g/mol. The molecule has 1 saturated carbocycles. The van der Waals surface area contributed by atoms with Crippen molar-refractivity contribution in [3.05, 3.63) is 23.8 Å². The number of rotatable bonds is 3. The van der Waals surface area contributed by atoms with Crippen LogP contribution in [-0.2, 0) is 0 Å². The van der Waals surface area contributed by atoms with Crippen LogP contribution in [0.25, 0.3) is 0 Å². The zero-order valence-electron chi connectivity index (χ0n) is 10.2. The predicted molar refractivity (Wildman–Crippen MR) is 70.9 cm³/mol. The van der Waals surface area contributed by atoms with Crippen molar-refractivity contribution in [1.82, 2.24) is 5.32 Å². The number of benzene rings is 1. The molecule has 2 unspecified atom stereocenters. The van der Waals surface area contributed by atoms with Gasteiger partial charge in [0.15, 0.2) is 0 Å². The Morgan fingerprint density at radius 2 is 1.94 bits per heavy atom. The number of anilines is 2. The summed E-state index contributed by atoms with van der Waals surface area (Å²) in [7, 11) is 0. The van der Waals surface area contributed by atoms with Crippen molar-refractivity contribution in [2.75, 3.05) is 18.0 Å². The van der Waals surface area contributed by atoms with Crippen molar-refractivity contribution < 1.29 is 9.90 Å². The molecule has 1 amide bonds. The predicted octanol–water partition coefficient (Wildman–Crippen LogP) is 0.742. The molecule has 0 aliphatic heterocycles. The van der Waals surface area contributed by atoms with E-state index in [1.54, 1.807) is 18.2 Å². The molecule has 5 nitrogen and oxygen atoms in total. The van der Waals surface area contributed by atoms with Crippen LogP contribution in [0, 0.1) is 5.92 Å². The minimum absolute atomic E-state index is 0.171. The maximum atomic E-state index is 11.9. The maximum absolute atomic E-state index is 11.9. The van der Waals surface area contributed by atoms with Gasteiger partial charge in [-0.2, -0.15) is 0 Å². The topological polar surface area (TPSA) is 101 Å². The Labute approximate surface area is 106 Å². The largest absolute Gasteiger partial charge is 0.399 e. The highest BCUT2D eigenvalue weighted by molar-refractivity contribution is 5.96. The molecule has 0 saturated heterocycles. The fraction of sp³-hybridized carbons (Fsp3) is 0.462. The molecule has 0 heterocycles. The molecule has 0 radical (unpaired) electrons. The van der Waals surface area contributed by atoms with Gasteiger partial charge >= 0.3 is 0 Å². The smallest absolute Gasteiger partial charge is 0.251 e. The Morgan fingerprint density at radius 1 is 1.28 bits per heavy atom. The number of aliphatic hydroxyl groups excluding tert-OH is 1. The minimum Gasteiger partial charge on any atom is -0.399 e. The van der Waals surface area contributed by atoms with Gasteiger partial charge in [0, 0.05) is 23.5 Å². The van der Waals surface area contributed by atoms with E-state index in [-0.39, 0.29) is 12.0 Å². The third-order valence-corrected chi connectivity index (χ3v) is 3.30. The van der Waals surface area contributed by atoms with Gasteiger partial charge in [-0.25, -0.2) is 0 Å². The van der Waals surface area contributed by atoms with Crippen molar-refractivity contribution >= 4 is 17.3 Å². The van der Waals surface area contributed by atoms with Crippen LogP contribution in [0.5, 0.6) is 0 Å². The van der Waals surface area contributed by atoms with Crippen molar-refractivity contribution in [1.29, 1.82) is 0 Å². The Balaban J connectivity index is 1.91. The summed E-state index contributed by atoms with van der Waals surface area (Å²) in [5.41, 5.74) is 12.7. The van der Waals surface area contributed by atoms with E-state index in [1.807, 2.05) is 0 Å². The van der Waals surface area contributed by atoms with Crippen molar-refractivity contribution in [3.8, 4) is 0 Å². The summed E-state index contributed by atoms with van der Waals surface area (Å²) >= 11 is 0. The van der Waals surface area contributed by atoms with Crippen LogP contribution in [0.1, 0.15) is 29.6 Å².